The Morgan fingerprint density at radius 3 is 2.94 bits per heavy atom. The van der Waals surface area contributed by atoms with Gasteiger partial charge in [-0.15, -0.1) is 0 Å². The Balaban J connectivity index is 2.21. The van der Waals surface area contributed by atoms with E-state index in [1.165, 1.54) is 17.8 Å². The Kier molecular flexibility index (Phi) is 3.81. The van der Waals surface area contributed by atoms with E-state index in [1.807, 2.05) is 14.0 Å². The third-order valence-corrected chi connectivity index (χ3v) is 3.31. The summed E-state index contributed by atoms with van der Waals surface area (Å²) in [5.74, 6) is -0.197. The molecule has 2 aromatic rings. The molecule has 1 aromatic heterocycles. The average molecular weight is 251 g/mol. The number of halogens is 1. The molecule has 0 aliphatic carbocycles. The van der Waals surface area contributed by atoms with Crippen LogP contribution in [-0.2, 0) is 6.42 Å². The fourth-order valence-corrected chi connectivity index (χ4v) is 2.23. The molecule has 0 aliphatic rings. The highest BCUT2D eigenvalue weighted by molar-refractivity contribution is 6.99. The van der Waals surface area contributed by atoms with Crippen LogP contribution in [0.15, 0.2) is 24.4 Å². The lowest BCUT2D eigenvalue weighted by atomic mass is 9.99. The fourth-order valence-electron chi connectivity index (χ4n) is 1.76. The Bertz CT molecular complexity index is 485. The first kappa shape index (κ1) is 12.1. The summed E-state index contributed by atoms with van der Waals surface area (Å²) in [6.07, 6.45) is 2.46. The van der Waals surface area contributed by atoms with E-state index >= 15 is 0 Å². The van der Waals surface area contributed by atoms with Crippen molar-refractivity contribution in [3.8, 4) is 0 Å². The Hall–Kier alpha value is -1.33. The highest BCUT2D eigenvalue weighted by atomic mass is 32.1. The summed E-state index contributed by atoms with van der Waals surface area (Å²) in [6.45, 7) is 1.99. The summed E-state index contributed by atoms with van der Waals surface area (Å²) in [7, 11) is 1.87. The fraction of sp³-hybridized carbons (Fsp3) is 0.333. The molecule has 0 saturated carbocycles. The molecule has 0 fully saturated rings. The van der Waals surface area contributed by atoms with Crippen molar-refractivity contribution >= 4 is 11.7 Å². The van der Waals surface area contributed by atoms with E-state index in [4.69, 9.17) is 0 Å². The zero-order valence-corrected chi connectivity index (χ0v) is 10.6. The number of aryl methyl sites for hydroxylation is 1. The van der Waals surface area contributed by atoms with Crippen LogP contribution in [0.3, 0.4) is 0 Å². The molecular formula is C12H14FN3S. The zero-order valence-electron chi connectivity index (χ0n) is 9.77. The van der Waals surface area contributed by atoms with Gasteiger partial charge in [-0.1, -0.05) is 6.07 Å². The summed E-state index contributed by atoms with van der Waals surface area (Å²) >= 11 is 1.19. The van der Waals surface area contributed by atoms with Gasteiger partial charge in [0, 0.05) is 0 Å². The molecule has 3 nitrogen and oxygen atoms in total. The van der Waals surface area contributed by atoms with Gasteiger partial charge in [0.1, 0.15) is 5.82 Å². The van der Waals surface area contributed by atoms with Crippen molar-refractivity contribution in [1.82, 2.24) is 14.1 Å². The molecule has 2 rings (SSSR count). The number of likely N-dealkylation sites (N-methyl/N-ethyl adjacent to an activating group) is 1. The molecule has 90 valence electrons. The molecule has 0 radical (unpaired) electrons. The minimum absolute atomic E-state index is 0.0780. The molecule has 0 bridgehead atoms. The van der Waals surface area contributed by atoms with Crippen LogP contribution in [0.1, 0.15) is 22.9 Å². The van der Waals surface area contributed by atoms with Crippen molar-refractivity contribution in [2.24, 2.45) is 0 Å². The quantitative estimate of drug-likeness (QED) is 0.907. The van der Waals surface area contributed by atoms with Crippen LogP contribution < -0.4 is 5.32 Å². The van der Waals surface area contributed by atoms with Crippen LogP contribution >= 0.6 is 11.7 Å². The van der Waals surface area contributed by atoms with Gasteiger partial charge in [0.2, 0.25) is 0 Å². The molecule has 5 heteroatoms. The first-order valence-corrected chi connectivity index (χ1v) is 6.13. The third-order valence-electron chi connectivity index (χ3n) is 2.82. The normalized spacial score (nSPS) is 12.6. The van der Waals surface area contributed by atoms with Crippen molar-refractivity contribution in [2.45, 2.75) is 19.4 Å². The minimum atomic E-state index is -0.197. The average Bonchev–Trinajstić information content (AvgIpc) is 2.84. The van der Waals surface area contributed by atoms with Gasteiger partial charge in [-0.25, -0.2) is 4.39 Å². The lowest BCUT2D eigenvalue weighted by molar-refractivity contribution is 0.572. The number of rotatable bonds is 4. The molecule has 1 unspecified atom stereocenters. The Labute approximate surface area is 104 Å². The van der Waals surface area contributed by atoms with Gasteiger partial charge in [0.25, 0.3) is 0 Å². The third kappa shape index (κ3) is 2.87. The second-order valence-corrected chi connectivity index (χ2v) is 4.51. The molecule has 17 heavy (non-hydrogen) atoms. The number of benzene rings is 1. The van der Waals surface area contributed by atoms with Gasteiger partial charge in [0.05, 0.1) is 29.7 Å². The molecule has 1 aromatic carbocycles. The lowest BCUT2D eigenvalue weighted by Crippen LogP contribution is -2.19. The SMILES string of the molecule is CNC(Cc1cc(F)ccc1C)c1cnsn1. The number of hydrogen-bond acceptors (Lipinski definition) is 4. The van der Waals surface area contributed by atoms with Crippen molar-refractivity contribution in [1.29, 1.82) is 0 Å². The number of nitrogens with one attached hydrogen (secondary N) is 1. The highest BCUT2D eigenvalue weighted by Gasteiger charge is 2.14. The second-order valence-electron chi connectivity index (χ2n) is 3.95. The maximum absolute atomic E-state index is 13.2. The molecule has 1 N–H and O–H groups in total. The molecule has 0 spiro atoms. The number of hydrogen-bond donors (Lipinski definition) is 1. The Morgan fingerprint density at radius 2 is 2.29 bits per heavy atom. The van der Waals surface area contributed by atoms with Gasteiger partial charge in [-0.3, -0.25) is 0 Å². The first-order valence-electron chi connectivity index (χ1n) is 5.40. The summed E-state index contributed by atoms with van der Waals surface area (Å²) in [4.78, 5) is 0. The smallest absolute Gasteiger partial charge is 0.123 e. The van der Waals surface area contributed by atoms with E-state index in [0.717, 1.165) is 16.8 Å². The van der Waals surface area contributed by atoms with Gasteiger partial charge >= 0.3 is 0 Å². The van der Waals surface area contributed by atoms with Gasteiger partial charge in [0.15, 0.2) is 0 Å². The number of aromatic nitrogens is 2. The van der Waals surface area contributed by atoms with Crippen molar-refractivity contribution in [3.05, 3.63) is 47.0 Å². The van der Waals surface area contributed by atoms with Crippen LogP contribution in [0.4, 0.5) is 4.39 Å². The van der Waals surface area contributed by atoms with Crippen LogP contribution in [0, 0.1) is 12.7 Å². The van der Waals surface area contributed by atoms with Crippen LogP contribution in [0.25, 0.3) is 0 Å². The minimum Gasteiger partial charge on any atom is -0.311 e. The molecule has 0 aliphatic heterocycles. The van der Waals surface area contributed by atoms with Crippen LogP contribution in [-0.4, -0.2) is 15.8 Å². The van der Waals surface area contributed by atoms with Crippen molar-refractivity contribution in [2.75, 3.05) is 7.05 Å². The molecule has 1 heterocycles. The lowest BCUT2D eigenvalue weighted by Gasteiger charge is -2.15. The molecule has 1 atom stereocenters. The first-order chi connectivity index (χ1) is 8.20. The maximum Gasteiger partial charge on any atom is 0.123 e. The topological polar surface area (TPSA) is 37.8 Å². The van der Waals surface area contributed by atoms with E-state index in [9.17, 15) is 4.39 Å². The maximum atomic E-state index is 13.2. The predicted octanol–water partition coefficient (Wildman–Crippen LogP) is 2.49. The molecule has 0 amide bonds. The van der Waals surface area contributed by atoms with E-state index in [1.54, 1.807) is 18.3 Å². The van der Waals surface area contributed by atoms with Crippen LogP contribution in [0.5, 0.6) is 0 Å². The molecular weight excluding hydrogens is 237 g/mol. The monoisotopic (exact) mass is 251 g/mol. The Morgan fingerprint density at radius 1 is 1.47 bits per heavy atom. The van der Waals surface area contributed by atoms with Gasteiger partial charge in [-0.2, -0.15) is 8.75 Å². The summed E-state index contributed by atoms with van der Waals surface area (Å²) in [6, 6.07) is 4.95. The zero-order chi connectivity index (χ0) is 12.3. The highest BCUT2D eigenvalue weighted by Crippen LogP contribution is 2.19. The summed E-state index contributed by atoms with van der Waals surface area (Å²) in [5.41, 5.74) is 2.99. The summed E-state index contributed by atoms with van der Waals surface area (Å²) < 4.78 is 21.4. The second kappa shape index (κ2) is 5.33. The van der Waals surface area contributed by atoms with E-state index in [-0.39, 0.29) is 11.9 Å². The molecule has 0 saturated heterocycles. The van der Waals surface area contributed by atoms with E-state index in [2.05, 4.69) is 14.1 Å². The summed E-state index contributed by atoms with van der Waals surface area (Å²) in [5, 5.41) is 3.18. The van der Waals surface area contributed by atoms with E-state index in [0.29, 0.717) is 6.42 Å². The van der Waals surface area contributed by atoms with Gasteiger partial charge < -0.3 is 5.32 Å². The largest absolute Gasteiger partial charge is 0.311 e. The van der Waals surface area contributed by atoms with Crippen LogP contribution in [0.2, 0.25) is 0 Å². The predicted molar refractivity (Wildman–Crippen MR) is 66.6 cm³/mol. The standard InChI is InChI=1S/C12H14FN3S/c1-8-3-4-10(13)5-9(8)6-11(14-2)12-7-15-17-16-12/h3-5,7,11,14H,6H2,1-2H3. The van der Waals surface area contributed by atoms with E-state index < -0.39 is 0 Å². The van der Waals surface area contributed by atoms with Gasteiger partial charge in [-0.05, 0) is 43.7 Å². The van der Waals surface area contributed by atoms with Crippen molar-refractivity contribution in [3.63, 3.8) is 0 Å². The number of nitrogens with zero attached hydrogens (tertiary/aromatic N) is 2. The van der Waals surface area contributed by atoms with Crippen molar-refractivity contribution < 1.29 is 4.39 Å².